The number of ether oxygens (including phenoxy) is 1. The maximum atomic E-state index is 12.1. The standard InChI is InChI=1S/C13H19ClN2O4S/c1-9(2)16-21(18,19)10-4-5-12(14)11(8-10)13(17)15-6-7-20-3/h4-5,8-9,16H,6-7H2,1-3H3,(H,15,17). The van der Waals surface area contributed by atoms with E-state index in [1.54, 1.807) is 13.8 Å². The van der Waals surface area contributed by atoms with Gasteiger partial charge in [-0.25, -0.2) is 13.1 Å². The molecule has 6 nitrogen and oxygen atoms in total. The first kappa shape index (κ1) is 17.9. The van der Waals surface area contributed by atoms with E-state index in [0.29, 0.717) is 13.2 Å². The molecule has 0 aromatic heterocycles. The van der Waals surface area contributed by atoms with E-state index >= 15 is 0 Å². The lowest BCUT2D eigenvalue weighted by atomic mass is 10.2. The van der Waals surface area contributed by atoms with Crippen LogP contribution in [0, 0.1) is 0 Å². The third kappa shape index (κ3) is 5.28. The quantitative estimate of drug-likeness (QED) is 0.738. The molecule has 0 spiro atoms. The third-order valence-electron chi connectivity index (χ3n) is 2.48. The van der Waals surface area contributed by atoms with Gasteiger partial charge in [-0.15, -0.1) is 0 Å². The second-order valence-corrected chi connectivity index (χ2v) is 6.79. The molecule has 0 aliphatic heterocycles. The highest BCUT2D eigenvalue weighted by Crippen LogP contribution is 2.20. The molecule has 118 valence electrons. The van der Waals surface area contributed by atoms with Gasteiger partial charge in [-0.05, 0) is 32.0 Å². The summed E-state index contributed by atoms with van der Waals surface area (Å²) in [5.74, 6) is -0.446. The molecule has 0 unspecified atom stereocenters. The van der Waals surface area contributed by atoms with Crippen LogP contribution in [0.2, 0.25) is 5.02 Å². The topological polar surface area (TPSA) is 84.5 Å². The van der Waals surface area contributed by atoms with Crippen molar-refractivity contribution in [2.75, 3.05) is 20.3 Å². The number of hydrogen-bond donors (Lipinski definition) is 2. The Bertz CT molecular complexity index is 602. The van der Waals surface area contributed by atoms with Crippen LogP contribution in [0.3, 0.4) is 0 Å². The monoisotopic (exact) mass is 334 g/mol. The molecule has 1 aromatic carbocycles. The van der Waals surface area contributed by atoms with Crippen LogP contribution in [-0.4, -0.2) is 40.6 Å². The molecule has 1 amide bonds. The van der Waals surface area contributed by atoms with E-state index in [4.69, 9.17) is 16.3 Å². The Labute approximate surface area is 129 Å². The molecule has 0 heterocycles. The van der Waals surface area contributed by atoms with Crippen molar-refractivity contribution in [3.63, 3.8) is 0 Å². The van der Waals surface area contributed by atoms with Crippen LogP contribution >= 0.6 is 11.6 Å². The summed E-state index contributed by atoms with van der Waals surface area (Å²) in [5, 5.41) is 2.78. The van der Waals surface area contributed by atoms with E-state index < -0.39 is 15.9 Å². The lowest BCUT2D eigenvalue weighted by molar-refractivity contribution is 0.0937. The van der Waals surface area contributed by atoms with Gasteiger partial charge in [0, 0.05) is 19.7 Å². The average molecular weight is 335 g/mol. The second-order valence-electron chi connectivity index (χ2n) is 4.67. The molecule has 0 atom stereocenters. The van der Waals surface area contributed by atoms with Crippen molar-refractivity contribution in [3.05, 3.63) is 28.8 Å². The zero-order valence-corrected chi connectivity index (χ0v) is 13.7. The van der Waals surface area contributed by atoms with Gasteiger partial charge in [0.15, 0.2) is 0 Å². The second kappa shape index (κ2) is 7.74. The first-order valence-electron chi connectivity index (χ1n) is 6.37. The van der Waals surface area contributed by atoms with Gasteiger partial charge in [0.05, 0.1) is 22.1 Å². The largest absolute Gasteiger partial charge is 0.383 e. The molecule has 0 radical (unpaired) electrons. The van der Waals surface area contributed by atoms with Gasteiger partial charge < -0.3 is 10.1 Å². The summed E-state index contributed by atoms with van der Waals surface area (Å²) >= 11 is 5.95. The highest BCUT2D eigenvalue weighted by Gasteiger charge is 2.19. The van der Waals surface area contributed by atoms with Gasteiger partial charge in [-0.1, -0.05) is 11.6 Å². The molecule has 0 aliphatic rings. The summed E-state index contributed by atoms with van der Waals surface area (Å²) in [5.41, 5.74) is 0.111. The van der Waals surface area contributed by atoms with Crippen molar-refractivity contribution in [3.8, 4) is 0 Å². The maximum absolute atomic E-state index is 12.1. The van der Waals surface area contributed by atoms with Crippen molar-refractivity contribution in [2.45, 2.75) is 24.8 Å². The summed E-state index contributed by atoms with van der Waals surface area (Å²) in [6.45, 7) is 4.10. The predicted molar refractivity (Wildman–Crippen MR) is 81.1 cm³/mol. The normalized spacial score (nSPS) is 11.7. The first-order valence-corrected chi connectivity index (χ1v) is 8.23. The highest BCUT2D eigenvalue weighted by atomic mass is 35.5. The number of nitrogens with one attached hydrogen (secondary N) is 2. The Balaban J connectivity index is 3.02. The van der Waals surface area contributed by atoms with Crippen LogP contribution in [-0.2, 0) is 14.8 Å². The lowest BCUT2D eigenvalue weighted by Gasteiger charge is -2.12. The fourth-order valence-electron chi connectivity index (χ4n) is 1.59. The molecule has 0 saturated heterocycles. The Hall–Kier alpha value is -1.15. The van der Waals surface area contributed by atoms with Crippen molar-refractivity contribution >= 4 is 27.5 Å². The van der Waals surface area contributed by atoms with Gasteiger partial charge in [0.2, 0.25) is 10.0 Å². The van der Waals surface area contributed by atoms with E-state index in [-0.39, 0.29) is 21.5 Å². The van der Waals surface area contributed by atoms with Crippen LogP contribution in [0.25, 0.3) is 0 Å². The van der Waals surface area contributed by atoms with Gasteiger partial charge in [-0.3, -0.25) is 4.79 Å². The summed E-state index contributed by atoms with van der Waals surface area (Å²) < 4.78 is 31.4. The van der Waals surface area contributed by atoms with Crippen LogP contribution in [0.1, 0.15) is 24.2 Å². The molecule has 0 saturated carbocycles. The number of amides is 1. The minimum atomic E-state index is -3.67. The SMILES string of the molecule is COCCNC(=O)c1cc(S(=O)(=O)NC(C)C)ccc1Cl. The number of methoxy groups -OCH3 is 1. The highest BCUT2D eigenvalue weighted by molar-refractivity contribution is 7.89. The summed E-state index contributed by atoms with van der Waals surface area (Å²) in [4.78, 5) is 12.0. The summed E-state index contributed by atoms with van der Waals surface area (Å²) in [6.07, 6.45) is 0. The minimum Gasteiger partial charge on any atom is -0.383 e. The Morgan fingerprint density at radius 1 is 1.38 bits per heavy atom. The van der Waals surface area contributed by atoms with Gasteiger partial charge in [0.1, 0.15) is 0 Å². The number of carbonyl (C=O) groups is 1. The molecular weight excluding hydrogens is 316 g/mol. The number of rotatable bonds is 7. The summed E-state index contributed by atoms with van der Waals surface area (Å²) in [6, 6.07) is 3.76. The molecule has 0 aliphatic carbocycles. The number of sulfonamides is 1. The molecule has 1 aromatic rings. The minimum absolute atomic E-state index is 0.00232. The molecule has 21 heavy (non-hydrogen) atoms. The molecule has 0 bridgehead atoms. The van der Waals surface area contributed by atoms with E-state index in [0.717, 1.165) is 0 Å². The molecule has 1 rings (SSSR count). The lowest BCUT2D eigenvalue weighted by Crippen LogP contribution is -2.31. The van der Waals surface area contributed by atoms with Crippen molar-refractivity contribution in [1.82, 2.24) is 10.0 Å². The fourth-order valence-corrected chi connectivity index (χ4v) is 3.07. The third-order valence-corrected chi connectivity index (χ3v) is 4.46. The number of benzene rings is 1. The van der Waals surface area contributed by atoms with E-state index in [9.17, 15) is 13.2 Å². The average Bonchev–Trinajstić information content (AvgIpc) is 2.37. The summed E-state index contributed by atoms with van der Waals surface area (Å²) in [7, 11) is -2.15. The van der Waals surface area contributed by atoms with Gasteiger partial charge in [0.25, 0.3) is 5.91 Å². The van der Waals surface area contributed by atoms with Gasteiger partial charge >= 0.3 is 0 Å². The van der Waals surface area contributed by atoms with Crippen molar-refractivity contribution in [2.24, 2.45) is 0 Å². The van der Waals surface area contributed by atoms with Crippen molar-refractivity contribution < 1.29 is 17.9 Å². The molecule has 8 heteroatoms. The zero-order chi connectivity index (χ0) is 16.0. The van der Waals surface area contributed by atoms with Crippen LogP contribution in [0.15, 0.2) is 23.1 Å². The van der Waals surface area contributed by atoms with Crippen LogP contribution in [0.4, 0.5) is 0 Å². The van der Waals surface area contributed by atoms with Gasteiger partial charge in [-0.2, -0.15) is 0 Å². The van der Waals surface area contributed by atoms with E-state index in [2.05, 4.69) is 10.0 Å². The zero-order valence-electron chi connectivity index (χ0n) is 12.1. The van der Waals surface area contributed by atoms with E-state index in [1.807, 2.05) is 0 Å². The predicted octanol–water partition coefficient (Wildman–Crippen LogP) is 1.40. The molecule has 0 fully saturated rings. The smallest absolute Gasteiger partial charge is 0.252 e. The maximum Gasteiger partial charge on any atom is 0.252 e. The molecular formula is C13H19ClN2O4S. The fraction of sp³-hybridized carbons (Fsp3) is 0.462. The number of carbonyl (C=O) groups excluding carboxylic acids is 1. The van der Waals surface area contributed by atoms with Crippen molar-refractivity contribution in [1.29, 1.82) is 0 Å². The molecule has 2 N–H and O–H groups in total. The number of halogens is 1. The Morgan fingerprint density at radius 2 is 2.05 bits per heavy atom. The first-order chi connectivity index (χ1) is 9.77. The Morgan fingerprint density at radius 3 is 2.62 bits per heavy atom. The van der Waals surface area contributed by atoms with Crippen LogP contribution in [0.5, 0.6) is 0 Å². The van der Waals surface area contributed by atoms with Crippen LogP contribution < -0.4 is 10.0 Å². The Kier molecular flexibility index (Phi) is 6.60. The number of hydrogen-bond acceptors (Lipinski definition) is 4. The van der Waals surface area contributed by atoms with E-state index in [1.165, 1.54) is 25.3 Å².